The summed E-state index contributed by atoms with van der Waals surface area (Å²) in [5.74, 6) is 0.479. The molecule has 1 saturated heterocycles. The van der Waals surface area contributed by atoms with Gasteiger partial charge in [-0.1, -0.05) is 20.8 Å². The molecule has 2 aliphatic rings. The van der Waals surface area contributed by atoms with E-state index in [0.717, 1.165) is 6.54 Å². The molecule has 1 N–H and O–H groups in total. The van der Waals surface area contributed by atoms with Crippen LogP contribution in [0.5, 0.6) is 0 Å². The molecule has 0 aromatic carbocycles. The Balaban J connectivity index is 1.97. The van der Waals surface area contributed by atoms with Crippen molar-refractivity contribution in [3.05, 3.63) is 0 Å². The van der Waals surface area contributed by atoms with Gasteiger partial charge in [0.25, 0.3) is 0 Å². The summed E-state index contributed by atoms with van der Waals surface area (Å²) in [4.78, 5) is 5.11. The highest BCUT2D eigenvalue weighted by Crippen LogP contribution is 2.41. The first-order chi connectivity index (χ1) is 8.94. The van der Waals surface area contributed by atoms with Crippen molar-refractivity contribution in [1.82, 2.24) is 9.80 Å². The highest BCUT2D eigenvalue weighted by molar-refractivity contribution is 4.93. The minimum absolute atomic E-state index is 0.119. The van der Waals surface area contributed by atoms with Crippen LogP contribution in [0.3, 0.4) is 0 Å². The Morgan fingerprint density at radius 1 is 1.26 bits per heavy atom. The fraction of sp³-hybridized carbons (Fsp3) is 1.00. The second-order valence-corrected chi connectivity index (χ2v) is 7.40. The molecule has 3 atom stereocenters. The Morgan fingerprint density at radius 2 is 2.00 bits per heavy atom. The second kappa shape index (κ2) is 6.11. The summed E-state index contributed by atoms with van der Waals surface area (Å²) in [6.07, 6.45) is 4.72. The predicted octanol–water partition coefficient (Wildman–Crippen LogP) is 2.20. The molecule has 2 rings (SSSR count). The third kappa shape index (κ3) is 3.50. The molecule has 1 aliphatic carbocycles. The van der Waals surface area contributed by atoms with Crippen LogP contribution >= 0.6 is 0 Å². The summed E-state index contributed by atoms with van der Waals surface area (Å²) in [5, 5.41) is 10.5. The Bertz CT molecular complexity index is 292. The lowest BCUT2D eigenvalue weighted by Crippen LogP contribution is -2.44. The molecule has 0 amide bonds. The summed E-state index contributed by atoms with van der Waals surface area (Å²) >= 11 is 0. The van der Waals surface area contributed by atoms with Crippen molar-refractivity contribution >= 4 is 0 Å². The molecule has 3 unspecified atom stereocenters. The van der Waals surface area contributed by atoms with Crippen LogP contribution in [-0.2, 0) is 0 Å². The van der Waals surface area contributed by atoms with Gasteiger partial charge in [-0.3, -0.25) is 4.90 Å². The lowest BCUT2D eigenvalue weighted by molar-refractivity contribution is 0.0262. The van der Waals surface area contributed by atoms with E-state index < -0.39 is 0 Å². The van der Waals surface area contributed by atoms with E-state index in [-0.39, 0.29) is 11.5 Å². The van der Waals surface area contributed by atoms with Gasteiger partial charge in [-0.2, -0.15) is 0 Å². The second-order valence-electron chi connectivity index (χ2n) is 7.40. The van der Waals surface area contributed by atoms with E-state index in [4.69, 9.17) is 0 Å². The van der Waals surface area contributed by atoms with E-state index >= 15 is 0 Å². The first kappa shape index (κ1) is 15.3. The molecule has 1 heterocycles. The molecule has 0 spiro atoms. The van der Waals surface area contributed by atoms with Gasteiger partial charge in [0.2, 0.25) is 0 Å². The zero-order chi connectivity index (χ0) is 14.0. The van der Waals surface area contributed by atoms with Crippen molar-refractivity contribution in [3.8, 4) is 0 Å². The average Bonchev–Trinajstić information content (AvgIpc) is 2.53. The normalized spacial score (nSPS) is 37.4. The smallest absolute Gasteiger partial charge is 0.0631 e. The summed E-state index contributed by atoms with van der Waals surface area (Å²) in [5.41, 5.74) is 0.120. The molecule has 0 radical (unpaired) electrons. The zero-order valence-electron chi connectivity index (χ0n) is 13.2. The van der Waals surface area contributed by atoms with Gasteiger partial charge in [0.15, 0.2) is 0 Å². The van der Waals surface area contributed by atoms with Crippen LogP contribution in [0.15, 0.2) is 0 Å². The summed E-state index contributed by atoms with van der Waals surface area (Å²) < 4.78 is 0. The van der Waals surface area contributed by atoms with Crippen molar-refractivity contribution in [1.29, 1.82) is 0 Å². The van der Waals surface area contributed by atoms with E-state index in [9.17, 15) is 5.11 Å². The minimum Gasteiger partial charge on any atom is -0.392 e. The lowest BCUT2D eigenvalue weighted by atomic mass is 9.87. The molecule has 0 aromatic heterocycles. The monoisotopic (exact) mass is 268 g/mol. The summed E-state index contributed by atoms with van der Waals surface area (Å²) in [6, 6.07) is 0.670. The van der Waals surface area contributed by atoms with Gasteiger partial charge in [0.1, 0.15) is 0 Å². The van der Waals surface area contributed by atoms with E-state index in [1.165, 1.54) is 45.3 Å². The highest BCUT2D eigenvalue weighted by atomic mass is 16.3. The number of aliphatic hydroxyl groups is 1. The maximum Gasteiger partial charge on any atom is 0.0631 e. The zero-order valence-corrected chi connectivity index (χ0v) is 13.2. The summed E-state index contributed by atoms with van der Waals surface area (Å²) in [6.45, 7) is 11.4. The van der Waals surface area contributed by atoms with Gasteiger partial charge < -0.3 is 10.0 Å². The average molecular weight is 268 g/mol. The Hall–Kier alpha value is -0.120. The van der Waals surface area contributed by atoms with Gasteiger partial charge in [-0.15, -0.1) is 0 Å². The first-order valence-electron chi connectivity index (χ1n) is 8.04. The fourth-order valence-corrected chi connectivity index (χ4v) is 3.91. The quantitative estimate of drug-likeness (QED) is 0.850. The Morgan fingerprint density at radius 3 is 2.58 bits per heavy atom. The van der Waals surface area contributed by atoms with Crippen molar-refractivity contribution in [2.45, 2.75) is 58.6 Å². The molecule has 112 valence electrons. The third-order valence-electron chi connectivity index (χ3n) is 5.37. The number of hydrogen-bond donors (Lipinski definition) is 1. The standard InChI is InChI=1S/C16H32N2O/c1-5-14-12-17(4)9-6-10-18(14)11-13-7-8-16(2,3)15(13)19/h13-15,19H,5-12H2,1-4H3. The Kier molecular flexibility index (Phi) is 4.91. The number of nitrogens with zero attached hydrogens (tertiary/aromatic N) is 2. The van der Waals surface area contributed by atoms with Crippen molar-refractivity contribution in [2.24, 2.45) is 11.3 Å². The number of likely N-dealkylation sites (N-methyl/N-ethyl adjacent to an activating group) is 1. The van der Waals surface area contributed by atoms with Crippen LogP contribution < -0.4 is 0 Å². The lowest BCUT2D eigenvalue weighted by Gasteiger charge is -2.34. The largest absolute Gasteiger partial charge is 0.392 e. The van der Waals surface area contributed by atoms with Crippen LogP contribution in [0.1, 0.15) is 46.5 Å². The van der Waals surface area contributed by atoms with Gasteiger partial charge in [0, 0.05) is 19.1 Å². The van der Waals surface area contributed by atoms with Crippen molar-refractivity contribution in [3.63, 3.8) is 0 Å². The fourth-order valence-electron chi connectivity index (χ4n) is 3.91. The van der Waals surface area contributed by atoms with E-state index in [0.29, 0.717) is 12.0 Å². The van der Waals surface area contributed by atoms with Gasteiger partial charge in [0.05, 0.1) is 6.10 Å². The number of aliphatic hydroxyl groups excluding tert-OH is 1. The molecule has 2 fully saturated rings. The highest BCUT2D eigenvalue weighted by Gasteiger charge is 2.41. The molecule has 3 nitrogen and oxygen atoms in total. The molecule has 3 heteroatoms. The molecule has 1 saturated carbocycles. The van der Waals surface area contributed by atoms with E-state index in [1.807, 2.05) is 0 Å². The van der Waals surface area contributed by atoms with Crippen LogP contribution in [0, 0.1) is 11.3 Å². The minimum atomic E-state index is -0.119. The molecular formula is C16H32N2O. The van der Waals surface area contributed by atoms with Gasteiger partial charge in [-0.05, 0) is 57.2 Å². The number of hydrogen-bond acceptors (Lipinski definition) is 3. The molecular weight excluding hydrogens is 236 g/mol. The molecule has 0 aromatic rings. The van der Waals surface area contributed by atoms with Crippen molar-refractivity contribution in [2.75, 3.05) is 33.2 Å². The molecule has 19 heavy (non-hydrogen) atoms. The summed E-state index contributed by atoms with van der Waals surface area (Å²) in [7, 11) is 2.24. The SMILES string of the molecule is CCC1CN(C)CCCN1CC1CCC(C)(C)C1O. The van der Waals surface area contributed by atoms with Crippen LogP contribution in [0.25, 0.3) is 0 Å². The van der Waals surface area contributed by atoms with Gasteiger partial charge in [-0.25, -0.2) is 0 Å². The van der Waals surface area contributed by atoms with E-state index in [2.05, 4.69) is 37.6 Å². The maximum atomic E-state index is 10.5. The first-order valence-corrected chi connectivity index (χ1v) is 8.04. The molecule has 0 bridgehead atoms. The van der Waals surface area contributed by atoms with Crippen LogP contribution in [0.4, 0.5) is 0 Å². The molecule has 1 aliphatic heterocycles. The van der Waals surface area contributed by atoms with Crippen LogP contribution in [-0.4, -0.2) is 60.3 Å². The third-order valence-corrected chi connectivity index (χ3v) is 5.37. The Labute approximate surface area is 119 Å². The van der Waals surface area contributed by atoms with E-state index in [1.54, 1.807) is 0 Å². The topological polar surface area (TPSA) is 26.7 Å². The predicted molar refractivity (Wildman–Crippen MR) is 80.3 cm³/mol. The van der Waals surface area contributed by atoms with Crippen LogP contribution in [0.2, 0.25) is 0 Å². The number of rotatable bonds is 3. The van der Waals surface area contributed by atoms with Crippen molar-refractivity contribution < 1.29 is 5.11 Å². The maximum absolute atomic E-state index is 10.5. The van der Waals surface area contributed by atoms with Gasteiger partial charge >= 0.3 is 0 Å².